The van der Waals surface area contributed by atoms with E-state index in [0.29, 0.717) is 6.04 Å². The third-order valence-corrected chi connectivity index (χ3v) is 5.88. The fourth-order valence-electron chi connectivity index (χ4n) is 4.33. The van der Waals surface area contributed by atoms with Gasteiger partial charge in [-0.15, -0.1) is 0 Å². The summed E-state index contributed by atoms with van der Waals surface area (Å²) in [4.78, 5) is 5.90. The van der Waals surface area contributed by atoms with Gasteiger partial charge in [-0.05, 0) is 73.7 Å². The zero-order valence-electron chi connectivity index (χ0n) is 16.6. The summed E-state index contributed by atoms with van der Waals surface area (Å²) < 4.78 is 11.1. The molecule has 3 aromatic rings. The molecule has 1 aromatic heterocycles. The summed E-state index contributed by atoms with van der Waals surface area (Å²) >= 11 is 0. The summed E-state index contributed by atoms with van der Waals surface area (Å²) in [6.45, 7) is 3.20. The van der Waals surface area contributed by atoms with Crippen LogP contribution in [0.25, 0.3) is 10.9 Å². The predicted octanol–water partition coefficient (Wildman–Crippen LogP) is 4.66. The van der Waals surface area contributed by atoms with Crippen LogP contribution in [0.5, 0.6) is 11.5 Å². The fraction of sp³-hybridized carbons (Fsp3) is 0.391. The normalized spacial score (nSPS) is 17.1. The van der Waals surface area contributed by atoms with Crippen molar-refractivity contribution in [3.8, 4) is 11.5 Å². The molecule has 142 valence electrons. The number of nitrogens with zero attached hydrogens (tertiary/aromatic N) is 1. The van der Waals surface area contributed by atoms with E-state index in [0.717, 1.165) is 37.3 Å². The Labute approximate surface area is 161 Å². The SMILES string of the molecule is COc1cc2c(cc1OC)[C@H](CCc1c[nH]c3cc(C)ccc13)N(C)CC2. The molecule has 0 radical (unpaired) electrons. The highest BCUT2D eigenvalue weighted by molar-refractivity contribution is 5.83. The number of hydrogen-bond acceptors (Lipinski definition) is 3. The number of methoxy groups -OCH3 is 2. The first-order valence-electron chi connectivity index (χ1n) is 9.62. The molecule has 0 aliphatic carbocycles. The van der Waals surface area contributed by atoms with Gasteiger partial charge in [-0.1, -0.05) is 12.1 Å². The summed E-state index contributed by atoms with van der Waals surface area (Å²) in [5.74, 6) is 1.64. The van der Waals surface area contributed by atoms with Gasteiger partial charge in [0.25, 0.3) is 0 Å². The minimum Gasteiger partial charge on any atom is -0.493 e. The molecule has 0 unspecified atom stereocenters. The van der Waals surface area contributed by atoms with Crippen molar-refractivity contribution in [3.63, 3.8) is 0 Å². The van der Waals surface area contributed by atoms with Crippen molar-refractivity contribution in [1.29, 1.82) is 0 Å². The van der Waals surface area contributed by atoms with Crippen LogP contribution in [0, 0.1) is 6.92 Å². The summed E-state index contributed by atoms with van der Waals surface area (Å²) in [5, 5.41) is 1.34. The molecule has 4 heteroatoms. The Bertz CT molecular complexity index is 960. The molecule has 0 fully saturated rings. The highest BCUT2D eigenvalue weighted by Crippen LogP contribution is 2.39. The molecule has 0 bridgehead atoms. The van der Waals surface area contributed by atoms with E-state index in [-0.39, 0.29) is 0 Å². The van der Waals surface area contributed by atoms with Gasteiger partial charge in [0.2, 0.25) is 0 Å². The van der Waals surface area contributed by atoms with Crippen molar-refractivity contribution in [1.82, 2.24) is 9.88 Å². The van der Waals surface area contributed by atoms with E-state index in [1.807, 2.05) is 0 Å². The van der Waals surface area contributed by atoms with Crippen LogP contribution in [0.4, 0.5) is 0 Å². The molecule has 1 aliphatic rings. The molecule has 2 aromatic carbocycles. The van der Waals surface area contributed by atoms with Gasteiger partial charge in [0.05, 0.1) is 14.2 Å². The van der Waals surface area contributed by atoms with Crippen molar-refractivity contribution in [2.45, 2.75) is 32.2 Å². The lowest BCUT2D eigenvalue weighted by atomic mass is 9.88. The van der Waals surface area contributed by atoms with Gasteiger partial charge in [0.1, 0.15) is 0 Å². The van der Waals surface area contributed by atoms with E-state index >= 15 is 0 Å². The maximum absolute atomic E-state index is 5.56. The van der Waals surface area contributed by atoms with Gasteiger partial charge in [-0.25, -0.2) is 0 Å². The Morgan fingerprint density at radius 2 is 1.89 bits per heavy atom. The van der Waals surface area contributed by atoms with Crippen LogP contribution < -0.4 is 9.47 Å². The number of fused-ring (bicyclic) bond motifs is 2. The maximum Gasteiger partial charge on any atom is 0.161 e. The fourth-order valence-corrected chi connectivity index (χ4v) is 4.33. The minimum atomic E-state index is 0.393. The average molecular weight is 364 g/mol. The summed E-state index contributed by atoms with van der Waals surface area (Å²) in [6.07, 6.45) is 5.35. The number of nitrogens with one attached hydrogen (secondary N) is 1. The zero-order valence-corrected chi connectivity index (χ0v) is 16.6. The quantitative estimate of drug-likeness (QED) is 0.716. The number of aromatic nitrogens is 1. The lowest BCUT2D eigenvalue weighted by Crippen LogP contribution is -2.32. The van der Waals surface area contributed by atoms with Crippen LogP contribution in [0.2, 0.25) is 0 Å². The summed E-state index contributed by atoms with van der Waals surface area (Å²) in [7, 11) is 5.64. The van der Waals surface area contributed by atoms with E-state index in [2.05, 4.69) is 60.4 Å². The van der Waals surface area contributed by atoms with Crippen LogP contribution >= 0.6 is 0 Å². The van der Waals surface area contributed by atoms with Crippen LogP contribution in [0.1, 0.15) is 34.7 Å². The zero-order chi connectivity index (χ0) is 19.0. The highest BCUT2D eigenvalue weighted by atomic mass is 16.5. The topological polar surface area (TPSA) is 37.5 Å². The van der Waals surface area contributed by atoms with E-state index in [1.54, 1.807) is 14.2 Å². The predicted molar refractivity (Wildman–Crippen MR) is 110 cm³/mol. The van der Waals surface area contributed by atoms with Crippen LogP contribution in [-0.4, -0.2) is 37.7 Å². The molecular weight excluding hydrogens is 336 g/mol. The second-order valence-corrected chi connectivity index (χ2v) is 7.55. The Morgan fingerprint density at radius 3 is 2.67 bits per heavy atom. The molecule has 1 N–H and O–H groups in total. The number of ether oxygens (including phenoxy) is 2. The molecule has 1 aliphatic heterocycles. The number of aromatic amines is 1. The molecular formula is C23H28N2O2. The Morgan fingerprint density at radius 1 is 1.11 bits per heavy atom. The molecule has 0 spiro atoms. The Kier molecular flexibility index (Phi) is 4.83. The lowest BCUT2D eigenvalue weighted by Gasteiger charge is -2.35. The van der Waals surface area contributed by atoms with Gasteiger partial charge in [-0.3, -0.25) is 4.90 Å². The maximum atomic E-state index is 5.56. The van der Waals surface area contributed by atoms with Crippen molar-refractivity contribution >= 4 is 10.9 Å². The smallest absolute Gasteiger partial charge is 0.161 e. The van der Waals surface area contributed by atoms with Crippen LogP contribution in [-0.2, 0) is 12.8 Å². The monoisotopic (exact) mass is 364 g/mol. The van der Waals surface area contributed by atoms with Crippen molar-refractivity contribution in [2.75, 3.05) is 27.8 Å². The number of hydrogen-bond donors (Lipinski definition) is 1. The summed E-state index contributed by atoms with van der Waals surface area (Å²) in [5.41, 5.74) is 6.67. The number of likely N-dealkylation sites (N-methyl/N-ethyl adjacent to an activating group) is 1. The van der Waals surface area contributed by atoms with Gasteiger partial charge in [-0.2, -0.15) is 0 Å². The largest absolute Gasteiger partial charge is 0.493 e. The van der Waals surface area contributed by atoms with Crippen molar-refractivity contribution in [3.05, 3.63) is 58.8 Å². The van der Waals surface area contributed by atoms with Gasteiger partial charge >= 0.3 is 0 Å². The summed E-state index contributed by atoms with van der Waals surface area (Å²) in [6, 6.07) is 11.4. The first kappa shape index (κ1) is 17.9. The molecule has 0 saturated heterocycles. The second kappa shape index (κ2) is 7.28. The third kappa shape index (κ3) is 3.30. The molecule has 2 heterocycles. The van der Waals surface area contributed by atoms with Crippen LogP contribution in [0.15, 0.2) is 36.5 Å². The standard InChI is InChI=1S/C23H28N2O2/c1-15-5-7-18-17(14-24-20(18)11-15)6-8-21-19-13-23(27-4)22(26-3)12-16(19)9-10-25(21)2/h5,7,11-14,21,24H,6,8-10H2,1-4H3/t21-/m0/s1. The molecule has 4 nitrogen and oxygen atoms in total. The Hall–Kier alpha value is -2.46. The van der Waals surface area contributed by atoms with Gasteiger partial charge in [0.15, 0.2) is 11.5 Å². The average Bonchev–Trinajstić information content (AvgIpc) is 3.08. The van der Waals surface area contributed by atoms with E-state index in [4.69, 9.17) is 9.47 Å². The third-order valence-electron chi connectivity index (χ3n) is 5.88. The van der Waals surface area contributed by atoms with Crippen molar-refractivity contribution < 1.29 is 9.47 Å². The lowest BCUT2D eigenvalue weighted by molar-refractivity contribution is 0.218. The number of H-pyrrole nitrogens is 1. The van der Waals surface area contributed by atoms with Crippen molar-refractivity contribution in [2.24, 2.45) is 0 Å². The molecule has 0 amide bonds. The van der Waals surface area contributed by atoms with E-state index < -0.39 is 0 Å². The number of aryl methyl sites for hydroxylation is 2. The molecule has 1 atom stereocenters. The van der Waals surface area contributed by atoms with E-state index in [1.165, 1.54) is 33.2 Å². The van der Waals surface area contributed by atoms with Gasteiger partial charge < -0.3 is 14.5 Å². The van der Waals surface area contributed by atoms with Gasteiger partial charge in [0, 0.05) is 29.7 Å². The molecule has 27 heavy (non-hydrogen) atoms. The number of rotatable bonds is 5. The molecule has 0 saturated carbocycles. The second-order valence-electron chi connectivity index (χ2n) is 7.55. The first-order valence-corrected chi connectivity index (χ1v) is 9.62. The van der Waals surface area contributed by atoms with Crippen LogP contribution in [0.3, 0.4) is 0 Å². The van der Waals surface area contributed by atoms with E-state index in [9.17, 15) is 0 Å². The molecule has 4 rings (SSSR count). The first-order chi connectivity index (χ1) is 13.1. The Balaban J connectivity index is 1.62. The minimum absolute atomic E-state index is 0.393. The number of benzene rings is 2. The highest BCUT2D eigenvalue weighted by Gasteiger charge is 2.26.